The monoisotopic (exact) mass is 432 g/mol. The van der Waals surface area contributed by atoms with E-state index in [4.69, 9.17) is 0 Å². The first-order valence-corrected chi connectivity index (χ1v) is 11.3. The van der Waals surface area contributed by atoms with Crippen LogP contribution in [0.15, 0.2) is 30.6 Å². The number of hydrogen-bond acceptors (Lipinski definition) is 5. The predicted octanol–water partition coefficient (Wildman–Crippen LogP) is 3.73. The van der Waals surface area contributed by atoms with Crippen LogP contribution in [-0.2, 0) is 13.0 Å². The van der Waals surface area contributed by atoms with Gasteiger partial charge in [-0.05, 0) is 61.3 Å². The van der Waals surface area contributed by atoms with Gasteiger partial charge in [0, 0.05) is 62.2 Å². The fourth-order valence-electron chi connectivity index (χ4n) is 4.99. The molecule has 0 radical (unpaired) electrons. The molecule has 5 heterocycles. The van der Waals surface area contributed by atoms with Gasteiger partial charge in [0.05, 0.1) is 4.88 Å². The molecule has 2 fully saturated rings. The summed E-state index contributed by atoms with van der Waals surface area (Å²) in [5, 5.41) is 3.40. The molecule has 1 N–H and O–H groups in total. The van der Waals surface area contributed by atoms with Gasteiger partial charge in [-0.15, -0.1) is 23.7 Å². The summed E-state index contributed by atoms with van der Waals surface area (Å²) in [7, 11) is 0. The van der Waals surface area contributed by atoms with E-state index in [9.17, 15) is 4.79 Å². The Bertz CT molecular complexity index is 814. The molecule has 1 spiro atoms. The number of halogens is 1. The van der Waals surface area contributed by atoms with Crippen molar-refractivity contribution in [2.24, 2.45) is 5.41 Å². The molecule has 156 valence electrons. The molecule has 0 aliphatic carbocycles. The summed E-state index contributed by atoms with van der Waals surface area (Å²) in [6, 6.07) is 6.34. The number of piperidine rings is 2. The summed E-state index contributed by atoms with van der Waals surface area (Å²) >= 11 is 1.72. The van der Waals surface area contributed by atoms with Crippen molar-refractivity contribution >= 4 is 35.3 Å². The molecule has 0 atom stereocenters. The van der Waals surface area contributed by atoms with Crippen LogP contribution >= 0.6 is 23.7 Å². The molecule has 0 saturated carbocycles. The van der Waals surface area contributed by atoms with Crippen molar-refractivity contribution < 1.29 is 4.79 Å². The molecular formula is C22H29ClN4OS. The van der Waals surface area contributed by atoms with E-state index >= 15 is 0 Å². The predicted molar refractivity (Wildman–Crippen MR) is 120 cm³/mol. The quantitative estimate of drug-likeness (QED) is 0.785. The maximum atomic E-state index is 13.0. The van der Waals surface area contributed by atoms with Gasteiger partial charge in [-0.1, -0.05) is 0 Å². The number of aromatic nitrogens is 1. The highest BCUT2D eigenvalue weighted by molar-refractivity contribution is 7.14. The zero-order chi connectivity index (χ0) is 19.0. The van der Waals surface area contributed by atoms with E-state index in [1.807, 2.05) is 12.4 Å². The van der Waals surface area contributed by atoms with E-state index in [0.717, 1.165) is 63.4 Å². The largest absolute Gasteiger partial charge is 0.371 e. The van der Waals surface area contributed by atoms with Crippen LogP contribution in [0.3, 0.4) is 0 Å². The number of pyridine rings is 1. The lowest BCUT2D eigenvalue weighted by atomic mass is 9.71. The standard InChI is InChI=1S/C22H28N4OS.ClH/c27-21(20-15-17-16-24-10-3-19(17)28-20)26-13-6-22(7-14-26)4-11-25(12-5-22)18-1-8-23-9-2-18;/h1-2,8-9,15,24H,3-7,10-14,16H2;1H. The second kappa shape index (κ2) is 8.62. The lowest BCUT2D eigenvalue weighted by Crippen LogP contribution is -2.48. The van der Waals surface area contributed by atoms with E-state index in [1.54, 1.807) is 11.3 Å². The summed E-state index contributed by atoms with van der Waals surface area (Å²) < 4.78 is 0. The Labute approximate surface area is 182 Å². The fourth-order valence-corrected chi connectivity index (χ4v) is 6.14. The lowest BCUT2D eigenvalue weighted by molar-refractivity contribution is 0.0519. The fraction of sp³-hybridized carbons (Fsp3) is 0.545. The molecule has 0 unspecified atom stereocenters. The molecule has 2 aromatic heterocycles. The summed E-state index contributed by atoms with van der Waals surface area (Å²) in [5.74, 6) is 0.253. The van der Waals surface area contributed by atoms with Gasteiger partial charge in [-0.3, -0.25) is 9.78 Å². The van der Waals surface area contributed by atoms with Crippen LogP contribution in [-0.4, -0.2) is 48.5 Å². The number of thiophene rings is 1. The third-order valence-electron chi connectivity index (χ3n) is 6.92. The van der Waals surface area contributed by atoms with Crippen LogP contribution in [0.25, 0.3) is 0 Å². The van der Waals surface area contributed by atoms with Crippen LogP contribution in [0, 0.1) is 5.41 Å². The van der Waals surface area contributed by atoms with E-state index in [1.165, 1.54) is 29.0 Å². The Morgan fingerprint density at radius 3 is 2.45 bits per heavy atom. The van der Waals surface area contributed by atoms with Gasteiger partial charge >= 0.3 is 0 Å². The first-order valence-electron chi connectivity index (χ1n) is 10.5. The number of anilines is 1. The SMILES string of the molecule is Cl.O=C(c1cc2c(s1)CCNC2)N1CCC2(CC1)CCN(c1ccncc1)CC2. The summed E-state index contributed by atoms with van der Waals surface area (Å²) in [5.41, 5.74) is 3.05. The van der Waals surface area contributed by atoms with Gasteiger partial charge in [-0.2, -0.15) is 0 Å². The normalized spacial score (nSPS) is 20.8. The molecule has 3 aliphatic heterocycles. The van der Waals surface area contributed by atoms with Gasteiger partial charge in [0.15, 0.2) is 0 Å². The van der Waals surface area contributed by atoms with E-state index in [-0.39, 0.29) is 18.3 Å². The Kier molecular flexibility index (Phi) is 6.13. The maximum absolute atomic E-state index is 13.0. The van der Waals surface area contributed by atoms with Crippen molar-refractivity contribution in [1.82, 2.24) is 15.2 Å². The average Bonchev–Trinajstić information content (AvgIpc) is 3.19. The van der Waals surface area contributed by atoms with E-state index in [2.05, 4.69) is 38.3 Å². The first-order chi connectivity index (χ1) is 13.7. The Morgan fingerprint density at radius 2 is 1.76 bits per heavy atom. The lowest BCUT2D eigenvalue weighted by Gasteiger charge is -2.47. The smallest absolute Gasteiger partial charge is 0.263 e. The van der Waals surface area contributed by atoms with Crippen LogP contribution in [0.5, 0.6) is 0 Å². The average molecular weight is 433 g/mol. The highest BCUT2D eigenvalue weighted by Gasteiger charge is 2.39. The highest BCUT2D eigenvalue weighted by Crippen LogP contribution is 2.42. The highest BCUT2D eigenvalue weighted by atomic mass is 35.5. The van der Waals surface area contributed by atoms with Gasteiger partial charge in [0.2, 0.25) is 0 Å². The van der Waals surface area contributed by atoms with Crippen molar-refractivity contribution in [3.05, 3.63) is 45.9 Å². The number of rotatable bonds is 2. The molecule has 2 aromatic rings. The number of likely N-dealkylation sites (tertiary alicyclic amines) is 1. The second-order valence-corrected chi connectivity index (χ2v) is 9.61. The van der Waals surface area contributed by atoms with Crippen molar-refractivity contribution in [2.75, 3.05) is 37.6 Å². The maximum Gasteiger partial charge on any atom is 0.263 e. The Hall–Kier alpha value is -1.63. The summed E-state index contributed by atoms with van der Waals surface area (Å²) in [6.45, 7) is 6.00. The number of carbonyl (C=O) groups excluding carboxylic acids is 1. The van der Waals surface area contributed by atoms with Crippen molar-refractivity contribution in [3.8, 4) is 0 Å². The molecule has 29 heavy (non-hydrogen) atoms. The summed E-state index contributed by atoms with van der Waals surface area (Å²) in [6.07, 6.45) is 9.58. The summed E-state index contributed by atoms with van der Waals surface area (Å²) in [4.78, 5) is 24.1. The number of carbonyl (C=O) groups is 1. The topological polar surface area (TPSA) is 48.5 Å². The minimum absolute atomic E-state index is 0. The minimum Gasteiger partial charge on any atom is -0.371 e. The molecular weight excluding hydrogens is 404 g/mol. The van der Waals surface area contributed by atoms with Gasteiger partial charge < -0.3 is 15.1 Å². The van der Waals surface area contributed by atoms with Crippen molar-refractivity contribution in [2.45, 2.75) is 38.6 Å². The van der Waals surface area contributed by atoms with Crippen LogP contribution in [0.4, 0.5) is 5.69 Å². The number of nitrogens with one attached hydrogen (secondary N) is 1. The number of nitrogens with zero attached hydrogens (tertiary/aromatic N) is 3. The Balaban J connectivity index is 0.00000205. The third kappa shape index (κ3) is 4.16. The zero-order valence-corrected chi connectivity index (χ0v) is 18.4. The molecule has 2 saturated heterocycles. The molecule has 1 amide bonds. The molecule has 5 rings (SSSR count). The number of hydrogen-bond donors (Lipinski definition) is 1. The molecule has 7 heteroatoms. The molecule has 0 bridgehead atoms. The molecule has 3 aliphatic rings. The van der Waals surface area contributed by atoms with Crippen LogP contribution < -0.4 is 10.2 Å². The van der Waals surface area contributed by atoms with Crippen molar-refractivity contribution in [1.29, 1.82) is 0 Å². The van der Waals surface area contributed by atoms with Gasteiger partial charge in [-0.25, -0.2) is 0 Å². The van der Waals surface area contributed by atoms with E-state index < -0.39 is 0 Å². The first kappa shape index (κ1) is 20.6. The van der Waals surface area contributed by atoms with Crippen LogP contribution in [0.1, 0.15) is 45.8 Å². The third-order valence-corrected chi connectivity index (χ3v) is 8.14. The van der Waals surface area contributed by atoms with Crippen molar-refractivity contribution in [3.63, 3.8) is 0 Å². The number of fused-ring (bicyclic) bond motifs is 1. The van der Waals surface area contributed by atoms with E-state index in [0.29, 0.717) is 5.41 Å². The second-order valence-electron chi connectivity index (χ2n) is 8.47. The molecule has 5 nitrogen and oxygen atoms in total. The Morgan fingerprint density at radius 1 is 1.07 bits per heavy atom. The van der Waals surface area contributed by atoms with Crippen LogP contribution in [0.2, 0.25) is 0 Å². The van der Waals surface area contributed by atoms with Gasteiger partial charge in [0.1, 0.15) is 0 Å². The minimum atomic E-state index is 0. The number of amides is 1. The van der Waals surface area contributed by atoms with Gasteiger partial charge in [0.25, 0.3) is 5.91 Å². The zero-order valence-electron chi connectivity index (χ0n) is 16.7. The molecule has 0 aromatic carbocycles.